The van der Waals surface area contributed by atoms with Crippen molar-refractivity contribution in [2.75, 3.05) is 18.0 Å². The summed E-state index contributed by atoms with van der Waals surface area (Å²) in [7, 11) is -2.64. The van der Waals surface area contributed by atoms with Crippen LogP contribution in [-0.4, -0.2) is 28.0 Å². The third kappa shape index (κ3) is 5.26. The van der Waals surface area contributed by atoms with Gasteiger partial charge < -0.3 is 9.47 Å². The number of nitrogens with zero attached hydrogens (tertiary/aromatic N) is 1. The third-order valence-electron chi connectivity index (χ3n) is 4.57. The lowest BCUT2D eigenvalue weighted by atomic mass is 10.2. The minimum Gasteiger partial charge on any atom is -0.497 e. The fourth-order valence-corrected chi connectivity index (χ4v) is 4.88. The molecule has 0 bridgehead atoms. The lowest BCUT2D eigenvalue weighted by Gasteiger charge is -2.23. The van der Waals surface area contributed by atoms with E-state index in [1.165, 1.54) is 31.4 Å². The maximum Gasteiger partial charge on any atom is 0.278 e. The number of hydrogen-bond acceptors (Lipinski definition) is 5. The highest BCUT2D eigenvalue weighted by molar-refractivity contribution is 9.10. The summed E-state index contributed by atoms with van der Waals surface area (Å²) in [4.78, 5) is 13.1. The van der Waals surface area contributed by atoms with Crippen LogP contribution in [0.15, 0.2) is 82.2 Å². The zero-order valence-corrected chi connectivity index (χ0v) is 19.5. The van der Waals surface area contributed by atoms with Crippen molar-refractivity contribution in [2.24, 2.45) is 0 Å². The molecule has 6 nitrogen and oxygen atoms in total. The molecule has 3 aromatic carbocycles. The van der Waals surface area contributed by atoms with E-state index >= 15 is 0 Å². The molecule has 0 unspecified atom stereocenters. The van der Waals surface area contributed by atoms with Crippen LogP contribution in [-0.2, 0) is 21.2 Å². The van der Waals surface area contributed by atoms with Crippen LogP contribution in [0, 0.1) is 0 Å². The predicted molar refractivity (Wildman–Crippen MR) is 123 cm³/mol. The number of methoxy groups -OCH3 is 1. The van der Waals surface area contributed by atoms with Crippen molar-refractivity contribution >= 4 is 37.5 Å². The van der Waals surface area contributed by atoms with Crippen LogP contribution in [0.1, 0.15) is 12.5 Å². The molecule has 0 fully saturated rings. The van der Waals surface area contributed by atoms with Crippen molar-refractivity contribution in [1.29, 1.82) is 0 Å². The van der Waals surface area contributed by atoms with Crippen molar-refractivity contribution in [1.82, 2.24) is 0 Å². The Morgan fingerprint density at radius 1 is 1.00 bits per heavy atom. The van der Waals surface area contributed by atoms with Gasteiger partial charge in [0, 0.05) is 0 Å². The Kier molecular flexibility index (Phi) is 7.35. The molecule has 0 saturated heterocycles. The predicted octanol–water partition coefficient (Wildman–Crippen LogP) is 4.82. The number of halogens is 1. The Labute approximate surface area is 190 Å². The lowest BCUT2D eigenvalue weighted by molar-refractivity contribution is -0.119. The molecule has 3 rings (SSSR count). The molecule has 0 atom stereocenters. The molecule has 162 valence electrons. The summed E-state index contributed by atoms with van der Waals surface area (Å²) in [6.07, 6.45) is 0.860. The molecular formula is C23H22BrNO5S. The van der Waals surface area contributed by atoms with Crippen LogP contribution < -0.4 is 13.8 Å². The second kappa shape index (κ2) is 9.98. The molecule has 3 aromatic rings. The molecule has 0 aliphatic heterocycles. The number of sulfonamides is 1. The van der Waals surface area contributed by atoms with Gasteiger partial charge in [0.15, 0.2) is 6.61 Å². The molecule has 0 N–H and O–H groups in total. The second-order valence-electron chi connectivity index (χ2n) is 6.58. The van der Waals surface area contributed by atoms with Crippen LogP contribution in [0.4, 0.5) is 5.69 Å². The van der Waals surface area contributed by atoms with E-state index in [0.29, 0.717) is 16.0 Å². The maximum absolute atomic E-state index is 13.3. The molecule has 0 aliphatic rings. The number of carbonyl (C=O) groups is 1. The van der Waals surface area contributed by atoms with Crippen LogP contribution >= 0.6 is 15.9 Å². The fourth-order valence-electron chi connectivity index (χ4n) is 2.91. The molecule has 8 heteroatoms. The van der Waals surface area contributed by atoms with Crippen molar-refractivity contribution in [3.8, 4) is 11.5 Å². The Morgan fingerprint density at radius 3 is 2.26 bits per heavy atom. The van der Waals surface area contributed by atoms with Gasteiger partial charge in [-0.25, -0.2) is 8.42 Å². The van der Waals surface area contributed by atoms with Crippen LogP contribution in [0.5, 0.6) is 11.5 Å². The summed E-state index contributed by atoms with van der Waals surface area (Å²) in [5.41, 5.74) is 1.30. The first-order valence-corrected chi connectivity index (χ1v) is 11.8. The average Bonchev–Trinajstić information content (AvgIpc) is 2.79. The summed E-state index contributed by atoms with van der Waals surface area (Å²) in [6, 6.07) is 19.6. The summed E-state index contributed by atoms with van der Waals surface area (Å²) >= 11 is 3.43. The SMILES string of the molecule is CCc1ccc(OCC(=O)N(c2ccc(OC)cc2)S(=O)(=O)c2ccccc2)c(Br)c1. The van der Waals surface area contributed by atoms with Crippen molar-refractivity contribution in [3.05, 3.63) is 82.8 Å². The highest BCUT2D eigenvalue weighted by atomic mass is 79.9. The second-order valence-corrected chi connectivity index (χ2v) is 9.22. The molecule has 0 heterocycles. The Bertz CT molecular complexity index is 1150. The van der Waals surface area contributed by atoms with Crippen LogP contribution in [0.3, 0.4) is 0 Å². The van der Waals surface area contributed by atoms with Crippen molar-refractivity contribution in [3.63, 3.8) is 0 Å². The first-order chi connectivity index (χ1) is 14.9. The monoisotopic (exact) mass is 503 g/mol. The number of anilines is 1. The minimum absolute atomic E-state index is 0.00708. The molecule has 31 heavy (non-hydrogen) atoms. The van der Waals surface area contributed by atoms with E-state index in [1.807, 2.05) is 19.1 Å². The largest absolute Gasteiger partial charge is 0.497 e. The van der Waals surface area contributed by atoms with Gasteiger partial charge in [0.05, 0.1) is 22.2 Å². The number of ether oxygens (including phenoxy) is 2. The summed E-state index contributed by atoms with van der Waals surface area (Å²) in [5.74, 6) is 0.280. The van der Waals surface area contributed by atoms with E-state index in [-0.39, 0.29) is 10.6 Å². The van der Waals surface area contributed by atoms with Gasteiger partial charge in [-0.3, -0.25) is 4.79 Å². The molecule has 0 radical (unpaired) electrons. The van der Waals surface area contributed by atoms with Gasteiger partial charge in [-0.1, -0.05) is 31.2 Å². The number of amides is 1. The van der Waals surface area contributed by atoms with Gasteiger partial charge in [-0.2, -0.15) is 4.31 Å². The molecule has 0 saturated carbocycles. The smallest absolute Gasteiger partial charge is 0.278 e. The van der Waals surface area contributed by atoms with E-state index in [9.17, 15) is 13.2 Å². The van der Waals surface area contributed by atoms with Crippen molar-refractivity contribution < 1.29 is 22.7 Å². The average molecular weight is 504 g/mol. The molecule has 1 amide bonds. The van der Waals surface area contributed by atoms with Crippen LogP contribution in [0.2, 0.25) is 0 Å². The molecular weight excluding hydrogens is 482 g/mol. The number of hydrogen-bond donors (Lipinski definition) is 0. The molecule has 0 aromatic heterocycles. The van der Waals surface area contributed by atoms with Gasteiger partial charge in [0.1, 0.15) is 11.5 Å². The molecule has 0 aliphatic carbocycles. The maximum atomic E-state index is 13.3. The summed E-state index contributed by atoms with van der Waals surface area (Å²) in [6.45, 7) is 1.58. The fraction of sp³-hybridized carbons (Fsp3) is 0.174. The van der Waals surface area contributed by atoms with E-state index in [1.54, 1.807) is 36.4 Å². The van der Waals surface area contributed by atoms with Gasteiger partial charge >= 0.3 is 0 Å². The normalized spacial score (nSPS) is 11.1. The minimum atomic E-state index is -4.15. The zero-order valence-electron chi connectivity index (χ0n) is 17.1. The van der Waals surface area contributed by atoms with E-state index in [0.717, 1.165) is 16.3 Å². The number of aryl methyl sites for hydroxylation is 1. The first-order valence-electron chi connectivity index (χ1n) is 9.55. The van der Waals surface area contributed by atoms with E-state index in [4.69, 9.17) is 9.47 Å². The lowest BCUT2D eigenvalue weighted by Crippen LogP contribution is -2.40. The first kappa shape index (κ1) is 22.8. The van der Waals surface area contributed by atoms with Gasteiger partial charge in [-0.05, 0) is 76.4 Å². The van der Waals surface area contributed by atoms with Gasteiger partial charge in [0.25, 0.3) is 15.9 Å². The number of rotatable bonds is 8. The highest BCUT2D eigenvalue weighted by Crippen LogP contribution is 2.28. The standard InChI is InChI=1S/C23H22BrNO5S/c1-3-17-9-14-22(21(24)15-17)30-16-23(26)25(18-10-12-19(29-2)13-11-18)31(27,28)20-7-5-4-6-8-20/h4-15H,3,16H2,1-2H3. The Morgan fingerprint density at radius 2 is 1.68 bits per heavy atom. The Hall–Kier alpha value is -2.84. The topological polar surface area (TPSA) is 72.9 Å². The molecule has 0 spiro atoms. The third-order valence-corrected chi connectivity index (χ3v) is 6.95. The summed E-state index contributed by atoms with van der Waals surface area (Å²) < 4.78 is 38.8. The van der Waals surface area contributed by atoms with E-state index < -0.39 is 22.5 Å². The van der Waals surface area contributed by atoms with Gasteiger partial charge in [0.2, 0.25) is 0 Å². The number of carbonyl (C=O) groups excluding carboxylic acids is 1. The Balaban J connectivity index is 1.93. The summed E-state index contributed by atoms with van der Waals surface area (Å²) in [5, 5.41) is 0. The zero-order chi connectivity index (χ0) is 22.4. The highest BCUT2D eigenvalue weighted by Gasteiger charge is 2.31. The van der Waals surface area contributed by atoms with Crippen LogP contribution in [0.25, 0.3) is 0 Å². The van der Waals surface area contributed by atoms with Crippen molar-refractivity contribution in [2.45, 2.75) is 18.2 Å². The van der Waals surface area contributed by atoms with Gasteiger partial charge in [-0.15, -0.1) is 0 Å². The number of benzene rings is 3. The quantitative estimate of drug-likeness (QED) is 0.440. The van der Waals surface area contributed by atoms with E-state index in [2.05, 4.69) is 15.9 Å².